The van der Waals surface area contributed by atoms with Crippen molar-refractivity contribution < 1.29 is 22.7 Å². The van der Waals surface area contributed by atoms with Gasteiger partial charge in [0.05, 0.1) is 17.2 Å². The summed E-state index contributed by atoms with van der Waals surface area (Å²) in [5, 5.41) is 3.05. The van der Waals surface area contributed by atoms with E-state index in [1.807, 2.05) is 81.4 Å². The minimum Gasteiger partial charge on any atom is -0.494 e. The van der Waals surface area contributed by atoms with E-state index in [0.29, 0.717) is 18.0 Å². The molecule has 0 spiro atoms. The number of nitrogens with zero attached hydrogens (tertiary/aromatic N) is 2. The fourth-order valence-corrected chi connectivity index (χ4v) is 6.31. The molecule has 0 saturated heterocycles. The lowest BCUT2D eigenvalue weighted by Crippen LogP contribution is -2.54. The highest BCUT2D eigenvalue weighted by molar-refractivity contribution is 7.92. The predicted octanol–water partition coefficient (Wildman–Crippen LogP) is 5.84. The summed E-state index contributed by atoms with van der Waals surface area (Å²) in [4.78, 5) is 29.8. The Hall–Kier alpha value is -4.63. The molecule has 0 aliphatic carbocycles. The van der Waals surface area contributed by atoms with Gasteiger partial charge in [-0.3, -0.25) is 13.9 Å². The van der Waals surface area contributed by atoms with Crippen LogP contribution in [0.25, 0.3) is 0 Å². The molecule has 236 valence electrons. The molecule has 0 fully saturated rings. The number of nitrogens with one attached hydrogen (secondary N) is 1. The van der Waals surface area contributed by atoms with E-state index in [1.54, 1.807) is 42.5 Å². The third-order valence-electron chi connectivity index (χ3n) is 7.51. The SMILES string of the molecule is CCOc1ccc(S(=O)(=O)N(CC(=O)N(Cc2ccccc2)[C@H](Cc2ccccc2)C(=O)N[C@H](C)CC)c2ccccc2)cc1. The van der Waals surface area contributed by atoms with Crippen molar-refractivity contribution in [3.8, 4) is 5.75 Å². The maximum Gasteiger partial charge on any atom is 0.264 e. The van der Waals surface area contributed by atoms with Gasteiger partial charge in [0.25, 0.3) is 10.0 Å². The topological polar surface area (TPSA) is 96.0 Å². The monoisotopic (exact) mass is 627 g/mol. The lowest BCUT2D eigenvalue weighted by molar-refractivity contribution is -0.140. The van der Waals surface area contributed by atoms with E-state index in [-0.39, 0.29) is 29.8 Å². The average molecular weight is 628 g/mol. The number of amides is 2. The number of hydrogen-bond donors (Lipinski definition) is 1. The number of anilines is 1. The lowest BCUT2D eigenvalue weighted by Gasteiger charge is -2.34. The van der Waals surface area contributed by atoms with Crippen LogP contribution in [-0.2, 0) is 32.6 Å². The quantitative estimate of drug-likeness (QED) is 0.179. The van der Waals surface area contributed by atoms with Crippen molar-refractivity contribution in [1.29, 1.82) is 0 Å². The number of benzene rings is 4. The molecule has 1 N–H and O–H groups in total. The third-order valence-corrected chi connectivity index (χ3v) is 9.30. The van der Waals surface area contributed by atoms with Gasteiger partial charge in [-0.1, -0.05) is 85.8 Å². The molecule has 2 amide bonds. The summed E-state index contributed by atoms with van der Waals surface area (Å²) < 4.78 is 34.9. The molecular formula is C36H41N3O5S. The minimum atomic E-state index is -4.19. The Morgan fingerprint density at radius 3 is 1.89 bits per heavy atom. The van der Waals surface area contributed by atoms with Gasteiger partial charge in [0, 0.05) is 19.0 Å². The molecular weight excluding hydrogens is 586 g/mol. The Bertz CT molecular complexity index is 1620. The Labute approximate surface area is 266 Å². The van der Waals surface area contributed by atoms with Gasteiger partial charge in [0.15, 0.2) is 0 Å². The van der Waals surface area contributed by atoms with Gasteiger partial charge < -0.3 is 15.0 Å². The third kappa shape index (κ3) is 8.95. The molecule has 9 heteroatoms. The molecule has 0 radical (unpaired) electrons. The van der Waals surface area contributed by atoms with Gasteiger partial charge in [0.1, 0.15) is 18.3 Å². The maximum atomic E-state index is 14.5. The number of carbonyl (C=O) groups excluding carboxylic acids is 2. The summed E-state index contributed by atoms with van der Waals surface area (Å²) >= 11 is 0. The number of rotatable bonds is 15. The summed E-state index contributed by atoms with van der Waals surface area (Å²) in [6.45, 7) is 5.81. The molecule has 45 heavy (non-hydrogen) atoms. The predicted molar refractivity (Wildman–Crippen MR) is 177 cm³/mol. The molecule has 0 bridgehead atoms. The van der Waals surface area contributed by atoms with Gasteiger partial charge in [0.2, 0.25) is 11.8 Å². The molecule has 4 aromatic rings. The van der Waals surface area contributed by atoms with Gasteiger partial charge in [-0.05, 0) is 67.8 Å². The summed E-state index contributed by atoms with van der Waals surface area (Å²) in [7, 11) is -4.19. The standard InChI is InChI=1S/C36H41N3O5S/c1-4-28(3)37-36(41)34(25-29-15-9-6-10-16-29)38(26-30-17-11-7-12-18-30)35(40)27-39(31-19-13-8-14-20-31)45(42,43)33-23-21-32(22-24-33)44-5-2/h6-24,28,34H,4-5,25-27H2,1-3H3,(H,37,41)/t28-,34-/m1/s1. The first-order valence-electron chi connectivity index (χ1n) is 15.2. The summed E-state index contributed by atoms with van der Waals surface area (Å²) in [5.41, 5.74) is 2.04. The smallest absolute Gasteiger partial charge is 0.264 e. The molecule has 0 saturated carbocycles. The first-order valence-corrected chi connectivity index (χ1v) is 16.6. The van der Waals surface area contributed by atoms with Crippen LogP contribution in [0.3, 0.4) is 0 Å². The van der Waals surface area contributed by atoms with Crippen molar-refractivity contribution in [1.82, 2.24) is 10.2 Å². The van der Waals surface area contributed by atoms with Crippen LogP contribution in [0.15, 0.2) is 120 Å². The Morgan fingerprint density at radius 1 is 0.778 bits per heavy atom. The zero-order valence-electron chi connectivity index (χ0n) is 26.0. The Morgan fingerprint density at radius 2 is 1.33 bits per heavy atom. The van der Waals surface area contributed by atoms with Crippen molar-refractivity contribution in [2.45, 2.75) is 57.1 Å². The number of para-hydroxylation sites is 1. The van der Waals surface area contributed by atoms with Crippen LogP contribution in [0.2, 0.25) is 0 Å². The van der Waals surface area contributed by atoms with Crippen LogP contribution in [0.1, 0.15) is 38.3 Å². The second kappa shape index (κ2) is 15.9. The number of ether oxygens (including phenoxy) is 1. The highest BCUT2D eigenvalue weighted by Gasteiger charge is 2.35. The Kier molecular flexibility index (Phi) is 11.8. The molecule has 2 atom stereocenters. The van der Waals surface area contributed by atoms with E-state index in [2.05, 4.69) is 5.32 Å². The van der Waals surface area contributed by atoms with Gasteiger partial charge in [-0.2, -0.15) is 0 Å². The highest BCUT2D eigenvalue weighted by Crippen LogP contribution is 2.26. The summed E-state index contributed by atoms with van der Waals surface area (Å²) in [6.07, 6.45) is 0.983. The molecule has 0 aliphatic rings. The molecule has 0 aromatic heterocycles. The molecule has 4 rings (SSSR count). The van der Waals surface area contributed by atoms with E-state index in [1.165, 1.54) is 17.0 Å². The fourth-order valence-electron chi connectivity index (χ4n) is 4.90. The summed E-state index contributed by atoms with van der Waals surface area (Å²) in [5.74, 6) is -0.250. The van der Waals surface area contributed by atoms with Crippen LogP contribution in [0, 0.1) is 0 Å². The van der Waals surface area contributed by atoms with E-state index < -0.39 is 28.5 Å². The van der Waals surface area contributed by atoms with Crippen LogP contribution < -0.4 is 14.4 Å². The minimum absolute atomic E-state index is 0.0209. The number of sulfonamides is 1. The van der Waals surface area contributed by atoms with Gasteiger partial charge >= 0.3 is 0 Å². The van der Waals surface area contributed by atoms with Crippen molar-refractivity contribution in [3.63, 3.8) is 0 Å². The van der Waals surface area contributed by atoms with Crippen LogP contribution in [-0.4, -0.2) is 50.4 Å². The van der Waals surface area contributed by atoms with Gasteiger partial charge in [-0.15, -0.1) is 0 Å². The largest absolute Gasteiger partial charge is 0.494 e. The zero-order chi connectivity index (χ0) is 32.2. The highest BCUT2D eigenvalue weighted by atomic mass is 32.2. The summed E-state index contributed by atoms with van der Waals surface area (Å²) in [6, 6.07) is 32.6. The first-order chi connectivity index (χ1) is 21.7. The molecule has 4 aromatic carbocycles. The van der Waals surface area contributed by atoms with Crippen LogP contribution in [0.5, 0.6) is 5.75 Å². The maximum absolute atomic E-state index is 14.5. The fraction of sp³-hybridized carbons (Fsp3) is 0.278. The van der Waals surface area contributed by atoms with Gasteiger partial charge in [-0.25, -0.2) is 8.42 Å². The van der Waals surface area contributed by atoms with E-state index in [0.717, 1.165) is 21.9 Å². The zero-order valence-corrected chi connectivity index (χ0v) is 26.8. The number of carbonyl (C=O) groups is 2. The molecule has 0 unspecified atom stereocenters. The normalized spacial score (nSPS) is 12.5. The second-order valence-electron chi connectivity index (χ2n) is 10.8. The lowest BCUT2D eigenvalue weighted by atomic mass is 10.0. The molecule has 8 nitrogen and oxygen atoms in total. The van der Waals surface area contributed by atoms with E-state index >= 15 is 0 Å². The molecule has 0 heterocycles. The van der Waals surface area contributed by atoms with Crippen molar-refractivity contribution in [2.75, 3.05) is 17.5 Å². The van der Waals surface area contributed by atoms with Crippen molar-refractivity contribution in [2.24, 2.45) is 0 Å². The van der Waals surface area contributed by atoms with Crippen molar-refractivity contribution >= 4 is 27.5 Å². The van der Waals surface area contributed by atoms with E-state index in [4.69, 9.17) is 4.74 Å². The average Bonchev–Trinajstić information content (AvgIpc) is 3.06. The second-order valence-corrected chi connectivity index (χ2v) is 12.6. The van der Waals surface area contributed by atoms with E-state index in [9.17, 15) is 18.0 Å². The van der Waals surface area contributed by atoms with Crippen molar-refractivity contribution in [3.05, 3.63) is 126 Å². The first kappa shape index (κ1) is 33.3. The van der Waals surface area contributed by atoms with Crippen LogP contribution in [0.4, 0.5) is 5.69 Å². The number of hydrogen-bond acceptors (Lipinski definition) is 5. The molecule has 0 aliphatic heterocycles. The van der Waals surface area contributed by atoms with Crippen LogP contribution >= 0.6 is 0 Å². The Balaban J connectivity index is 1.76.